The molecule has 0 saturated heterocycles. The molecule has 0 unspecified atom stereocenters. The number of nitrogens with zero attached hydrogens (tertiary/aromatic N) is 3. The number of para-hydroxylation sites is 2. The molecule has 4 heteroatoms. The summed E-state index contributed by atoms with van der Waals surface area (Å²) in [6.45, 7) is 0. The molecule has 0 amide bonds. The second kappa shape index (κ2) is 13.4. The average Bonchev–Trinajstić information content (AvgIpc) is 3.98. The summed E-state index contributed by atoms with van der Waals surface area (Å²) in [5.41, 5.74) is 19.0. The zero-order valence-corrected chi connectivity index (χ0v) is 33.5. The van der Waals surface area contributed by atoms with E-state index in [0.29, 0.717) is 17.5 Å². The van der Waals surface area contributed by atoms with Gasteiger partial charge >= 0.3 is 0 Å². The summed E-state index contributed by atoms with van der Waals surface area (Å²) in [5.74, 6) is 1.86. The summed E-state index contributed by atoms with van der Waals surface area (Å²) in [6.07, 6.45) is 0. The predicted molar refractivity (Wildman–Crippen MR) is 251 cm³/mol. The molecule has 0 atom stereocenters. The fourth-order valence-corrected chi connectivity index (χ4v) is 10.2. The molecule has 62 heavy (non-hydrogen) atoms. The van der Waals surface area contributed by atoms with Crippen LogP contribution in [0.2, 0.25) is 0 Å². The zero-order valence-electron chi connectivity index (χ0n) is 33.5. The standard InChI is InChI=1S/C58H35N3O/c1-2-14-37(15-3-1)55-59-56(38-30-28-36(29-31-38)42-22-13-23-48-47-21-7-11-27-53(47)62-54(42)48)61-57(60-55)41-17-12-16-39(34-41)40-32-33-46-45-20-6-10-26-51(45)58(52(46)35-40)49-24-8-4-18-43(49)44-19-5-9-25-50(44)58/h1-35H. The first kappa shape index (κ1) is 34.6. The van der Waals surface area contributed by atoms with E-state index in [1.807, 2.05) is 42.5 Å². The van der Waals surface area contributed by atoms with Gasteiger partial charge in [-0.3, -0.25) is 0 Å². The van der Waals surface area contributed by atoms with E-state index in [4.69, 9.17) is 19.4 Å². The number of rotatable bonds is 5. The minimum Gasteiger partial charge on any atom is -0.455 e. The third-order valence-corrected chi connectivity index (χ3v) is 13.0. The highest BCUT2D eigenvalue weighted by atomic mass is 16.3. The molecule has 11 aromatic rings. The second-order valence-corrected chi connectivity index (χ2v) is 16.3. The number of benzene rings is 9. The molecule has 13 rings (SSSR count). The van der Waals surface area contributed by atoms with Gasteiger partial charge in [-0.25, -0.2) is 15.0 Å². The fourth-order valence-electron chi connectivity index (χ4n) is 10.2. The first-order valence-corrected chi connectivity index (χ1v) is 21.1. The number of hydrogen-bond acceptors (Lipinski definition) is 4. The molecule has 9 aromatic carbocycles. The molecule has 2 heterocycles. The summed E-state index contributed by atoms with van der Waals surface area (Å²) < 4.78 is 6.38. The lowest BCUT2D eigenvalue weighted by molar-refractivity contribution is 0.670. The summed E-state index contributed by atoms with van der Waals surface area (Å²) in [5, 5.41) is 2.23. The van der Waals surface area contributed by atoms with E-state index < -0.39 is 5.41 Å². The molecule has 0 fully saturated rings. The van der Waals surface area contributed by atoms with Crippen LogP contribution in [0.3, 0.4) is 0 Å². The van der Waals surface area contributed by atoms with Gasteiger partial charge in [-0.15, -0.1) is 0 Å². The van der Waals surface area contributed by atoms with Gasteiger partial charge in [0.1, 0.15) is 11.2 Å². The van der Waals surface area contributed by atoms with Crippen molar-refractivity contribution in [2.45, 2.75) is 5.41 Å². The molecule has 2 aliphatic rings. The van der Waals surface area contributed by atoms with E-state index in [9.17, 15) is 0 Å². The number of furan rings is 1. The topological polar surface area (TPSA) is 51.8 Å². The maximum Gasteiger partial charge on any atom is 0.164 e. The van der Waals surface area contributed by atoms with Crippen molar-refractivity contribution in [3.8, 4) is 78.7 Å². The van der Waals surface area contributed by atoms with Crippen molar-refractivity contribution in [1.82, 2.24) is 15.0 Å². The fraction of sp³-hybridized carbons (Fsp3) is 0.0172. The molecular weight excluding hydrogens is 755 g/mol. The molecule has 2 aromatic heterocycles. The second-order valence-electron chi connectivity index (χ2n) is 16.3. The van der Waals surface area contributed by atoms with Crippen LogP contribution < -0.4 is 0 Å². The monoisotopic (exact) mass is 789 g/mol. The van der Waals surface area contributed by atoms with E-state index >= 15 is 0 Å². The van der Waals surface area contributed by atoms with Crippen molar-refractivity contribution >= 4 is 21.9 Å². The molecule has 0 radical (unpaired) electrons. The van der Waals surface area contributed by atoms with Gasteiger partial charge in [0.05, 0.1) is 5.41 Å². The lowest BCUT2D eigenvalue weighted by Gasteiger charge is -2.30. The Labute approximate surface area is 358 Å². The van der Waals surface area contributed by atoms with Crippen molar-refractivity contribution in [2.75, 3.05) is 0 Å². The van der Waals surface area contributed by atoms with Crippen LogP contribution >= 0.6 is 0 Å². The van der Waals surface area contributed by atoms with Crippen molar-refractivity contribution < 1.29 is 4.42 Å². The lowest BCUT2D eigenvalue weighted by atomic mass is 9.70. The van der Waals surface area contributed by atoms with Crippen LogP contribution in [-0.2, 0) is 5.41 Å². The SMILES string of the molecule is c1ccc(-c2nc(-c3ccc(-c4cccc5c4oc4ccccc45)cc3)nc(-c3cccc(-c4ccc5c(c4)C4(c6ccccc6-c6ccccc64)c4ccccc4-5)c3)n2)cc1. The Balaban J connectivity index is 0.924. The first-order chi connectivity index (χ1) is 30.7. The summed E-state index contributed by atoms with van der Waals surface area (Å²) in [7, 11) is 0. The van der Waals surface area contributed by atoms with Crippen molar-refractivity contribution in [3.05, 3.63) is 235 Å². The molecule has 2 aliphatic carbocycles. The Morgan fingerprint density at radius 2 is 0.742 bits per heavy atom. The number of fused-ring (bicyclic) bond motifs is 13. The van der Waals surface area contributed by atoms with E-state index in [1.165, 1.54) is 44.5 Å². The molecule has 0 bridgehead atoms. The molecule has 1 spiro atoms. The van der Waals surface area contributed by atoms with Crippen molar-refractivity contribution in [1.29, 1.82) is 0 Å². The molecular formula is C58H35N3O. The maximum absolute atomic E-state index is 6.38. The van der Waals surface area contributed by atoms with Crippen molar-refractivity contribution in [2.24, 2.45) is 0 Å². The molecule has 0 saturated carbocycles. The van der Waals surface area contributed by atoms with Crippen LogP contribution in [0.5, 0.6) is 0 Å². The Morgan fingerprint density at radius 3 is 1.44 bits per heavy atom. The molecule has 4 nitrogen and oxygen atoms in total. The van der Waals surface area contributed by atoms with Crippen LogP contribution in [0.15, 0.2) is 217 Å². The van der Waals surface area contributed by atoms with Gasteiger partial charge in [0, 0.05) is 33.0 Å². The lowest BCUT2D eigenvalue weighted by Crippen LogP contribution is -2.25. The molecule has 288 valence electrons. The minimum absolute atomic E-state index is 0.408. The highest BCUT2D eigenvalue weighted by molar-refractivity contribution is 6.09. The van der Waals surface area contributed by atoms with Gasteiger partial charge in [0.2, 0.25) is 0 Å². The predicted octanol–water partition coefficient (Wildman–Crippen LogP) is 14.4. The van der Waals surface area contributed by atoms with Crippen LogP contribution in [0, 0.1) is 0 Å². The maximum atomic E-state index is 6.38. The average molecular weight is 790 g/mol. The summed E-state index contributed by atoms with van der Waals surface area (Å²) >= 11 is 0. The molecule has 0 N–H and O–H groups in total. The smallest absolute Gasteiger partial charge is 0.164 e. The van der Waals surface area contributed by atoms with Crippen LogP contribution in [0.25, 0.3) is 101 Å². The quantitative estimate of drug-likeness (QED) is 0.174. The molecule has 0 aliphatic heterocycles. The van der Waals surface area contributed by atoms with Gasteiger partial charge < -0.3 is 4.42 Å². The van der Waals surface area contributed by atoms with E-state index in [2.05, 4.69) is 170 Å². The first-order valence-electron chi connectivity index (χ1n) is 21.1. The Kier molecular flexibility index (Phi) is 7.49. The number of aromatic nitrogens is 3. The normalized spacial score (nSPS) is 13.0. The third kappa shape index (κ3) is 5.04. The van der Waals surface area contributed by atoms with E-state index in [1.54, 1.807) is 0 Å². The Hall–Kier alpha value is -8.21. The van der Waals surface area contributed by atoms with E-state index in [0.717, 1.165) is 60.9 Å². The van der Waals surface area contributed by atoms with Crippen LogP contribution in [0.1, 0.15) is 22.3 Å². The summed E-state index contributed by atoms with van der Waals surface area (Å²) in [4.78, 5) is 15.3. The van der Waals surface area contributed by atoms with Gasteiger partial charge in [-0.05, 0) is 79.4 Å². The van der Waals surface area contributed by atoms with Gasteiger partial charge in [-0.2, -0.15) is 0 Å². The van der Waals surface area contributed by atoms with Crippen molar-refractivity contribution in [3.63, 3.8) is 0 Å². The zero-order chi connectivity index (χ0) is 40.8. The van der Waals surface area contributed by atoms with Crippen LogP contribution in [-0.4, -0.2) is 15.0 Å². The van der Waals surface area contributed by atoms with Gasteiger partial charge in [0.15, 0.2) is 17.5 Å². The van der Waals surface area contributed by atoms with Gasteiger partial charge in [0.25, 0.3) is 0 Å². The largest absolute Gasteiger partial charge is 0.455 e. The van der Waals surface area contributed by atoms with E-state index in [-0.39, 0.29) is 0 Å². The van der Waals surface area contributed by atoms with Crippen LogP contribution in [0.4, 0.5) is 0 Å². The van der Waals surface area contributed by atoms with Gasteiger partial charge in [-0.1, -0.05) is 194 Å². The third-order valence-electron chi connectivity index (χ3n) is 13.0. The number of hydrogen-bond donors (Lipinski definition) is 0. The highest BCUT2D eigenvalue weighted by Gasteiger charge is 2.51. The minimum atomic E-state index is -0.408. The Bertz CT molecular complexity index is 3520. The Morgan fingerprint density at radius 1 is 0.290 bits per heavy atom. The highest BCUT2D eigenvalue weighted by Crippen LogP contribution is 2.63. The summed E-state index contributed by atoms with van der Waals surface area (Å²) in [6, 6.07) is 75.6.